The number of halogens is 2. The molecule has 1 aromatic carbocycles. The molecule has 0 unspecified atom stereocenters. The Morgan fingerprint density at radius 1 is 1.38 bits per heavy atom. The lowest BCUT2D eigenvalue weighted by molar-refractivity contribution is 0.621. The van der Waals surface area contributed by atoms with E-state index in [9.17, 15) is 4.39 Å². The number of nitrogens with zero attached hydrogens (tertiary/aromatic N) is 1. The molecule has 1 N–H and O–H groups in total. The van der Waals surface area contributed by atoms with Crippen LogP contribution in [0.5, 0.6) is 0 Å². The Hall–Kier alpha value is -1.37. The fourth-order valence-corrected chi connectivity index (χ4v) is 1.71. The highest BCUT2D eigenvalue weighted by Crippen LogP contribution is 2.23. The summed E-state index contributed by atoms with van der Waals surface area (Å²) in [7, 11) is 0. The van der Waals surface area contributed by atoms with Crippen molar-refractivity contribution in [3.8, 4) is 6.07 Å². The van der Waals surface area contributed by atoms with Crippen LogP contribution in [-0.2, 0) is 0 Å². The Morgan fingerprint density at radius 2 is 2.19 bits per heavy atom. The zero-order valence-electron chi connectivity index (χ0n) is 8.66. The van der Waals surface area contributed by atoms with Gasteiger partial charge in [0.2, 0.25) is 0 Å². The van der Waals surface area contributed by atoms with Crippen LogP contribution in [-0.4, -0.2) is 13.1 Å². The van der Waals surface area contributed by atoms with Gasteiger partial charge in [-0.3, -0.25) is 0 Å². The molecule has 84 valence electrons. The molecule has 4 heteroatoms. The predicted octanol–water partition coefficient (Wildman–Crippen LogP) is 2.50. The number of nitrogens with one attached hydrogen (secondary N) is 1. The molecule has 1 aliphatic rings. The monoisotopic (exact) mass is 238 g/mol. The lowest BCUT2D eigenvalue weighted by Crippen LogP contribution is -2.20. The molecule has 2 rings (SSSR count). The number of nitriles is 1. The van der Waals surface area contributed by atoms with Gasteiger partial charge >= 0.3 is 0 Å². The minimum absolute atomic E-state index is 0. The summed E-state index contributed by atoms with van der Waals surface area (Å²) in [4.78, 5) is 0. The molecule has 0 atom stereocenters. The van der Waals surface area contributed by atoms with Crippen molar-refractivity contribution < 1.29 is 4.39 Å². The molecule has 0 spiro atoms. The van der Waals surface area contributed by atoms with E-state index in [4.69, 9.17) is 5.26 Å². The third-order valence-electron chi connectivity index (χ3n) is 2.51. The molecular weight excluding hydrogens is 227 g/mol. The van der Waals surface area contributed by atoms with Gasteiger partial charge in [0, 0.05) is 12.1 Å². The second-order valence-electron chi connectivity index (χ2n) is 3.49. The van der Waals surface area contributed by atoms with Crippen LogP contribution in [0, 0.1) is 17.1 Å². The first-order valence-corrected chi connectivity index (χ1v) is 4.91. The van der Waals surface area contributed by atoms with Crippen LogP contribution < -0.4 is 5.32 Å². The van der Waals surface area contributed by atoms with Crippen molar-refractivity contribution in [1.29, 1.82) is 5.26 Å². The fourth-order valence-electron chi connectivity index (χ4n) is 1.71. The number of hydrogen-bond donors (Lipinski definition) is 1. The third kappa shape index (κ3) is 2.60. The molecule has 0 amide bonds. The van der Waals surface area contributed by atoms with Gasteiger partial charge in [0.25, 0.3) is 0 Å². The Bertz CT molecular complexity index is 449. The van der Waals surface area contributed by atoms with Crippen molar-refractivity contribution in [1.82, 2.24) is 5.32 Å². The maximum Gasteiger partial charge on any atom is 0.130 e. The summed E-state index contributed by atoms with van der Waals surface area (Å²) in [5.74, 6) is -0.248. The van der Waals surface area contributed by atoms with E-state index in [1.807, 2.05) is 12.1 Å². The molecular formula is C12H12ClFN2. The predicted molar refractivity (Wildman–Crippen MR) is 63.8 cm³/mol. The summed E-state index contributed by atoms with van der Waals surface area (Å²) >= 11 is 0. The van der Waals surface area contributed by atoms with E-state index in [0.717, 1.165) is 25.1 Å². The second kappa shape index (κ2) is 5.64. The molecule has 0 saturated heterocycles. The summed E-state index contributed by atoms with van der Waals surface area (Å²) in [5.41, 5.74) is 2.06. The van der Waals surface area contributed by atoms with Gasteiger partial charge in [0.1, 0.15) is 5.82 Å². The highest BCUT2D eigenvalue weighted by atomic mass is 35.5. The number of hydrogen-bond acceptors (Lipinski definition) is 2. The summed E-state index contributed by atoms with van der Waals surface area (Å²) in [6, 6.07) is 6.50. The highest BCUT2D eigenvalue weighted by molar-refractivity contribution is 5.85. The van der Waals surface area contributed by atoms with Crippen LogP contribution >= 0.6 is 12.4 Å². The minimum atomic E-state index is -0.248. The molecule has 0 fully saturated rings. The molecule has 0 radical (unpaired) electrons. The maximum absolute atomic E-state index is 13.5. The zero-order chi connectivity index (χ0) is 10.7. The first-order chi connectivity index (χ1) is 7.31. The van der Waals surface area contributed by atoms with Crippen LogP contribution in [0.25, 0.3) is 5.57 Å². The van der Waals surface area contributed by atoms with Crippen molar-refractivity contribution in [2.75, 3.05) is 13.1 Å². The van der Waals surface area contributed by atoms with E-state index in [0.29, 0.717) is 11.1 Å². The Labute approximate surface area is 100 Å². The number of benzene rings is 1. The van der Waals surface area contributed by atoms with Gasteiger partial charge < -0.3 is 5.32 Å². The molecule has 0 aliphatic carbocycles. The van der Waals surface area contributed by atoms with Crippen molar-refractivity contribution in [2.45, 2.75) is 6.42 Å². The van der Waals surface area contributed by atoms with Crippen LogP contribution in [0.3, 0.4) is 0 Å². The summed E-state index contributed by atoms with van der Waals surface area (Å²) in [6.45, 7) is 1.63. The zero-order valence-corrected chi connectivity index (χ0v) is 9.48. The summed E-state index contributed by atoms with van der Waals surface area (Å²) in [5, 5.41) is 11.9. The van der Waals surface area contributed by atoms with Gasteiger partial charge in [-0.25, -0.2) is 4.39 Å². The molecule has 1 heterocycles. The minimum Gasteiger partial charge on any atom is -0.313 e. The van der Waals surface area contributed by atoms with Crippen LogP contribution in [0.15, 0.2) is 24.3 Å². The molecule has 0 bridgehead atoms. The summed E-state index contributed by atoms with van der Waals surface area (Å²) < 4.78 is 13.5. The quantitative estimate of drug-likeness (QED) is 0.816. The lowest BCUT2D eigenvalue weighted by Gasteiger charge is -2.14. The topological polar surface area (TPSA) is 35.8 Å². The third-order valence-corrected chi connectivity index (χ3v) is 2.51. The van der Waals surface area contributed by atoms with Crippen molar-refractivity contribution in [3.63, 3.8) is 0 Å². The van der Waals surface area contributed by atoms with E-state index in [1.165, 1.54) is 12.1 Å². The smallest absolute Gasteiger partial charge is 0.130 e. The Balaban J connectivity index is 0.00000128. The van der Waals surface area contributed by atoms with Gasteiger partial charge in [-0.05, 0) is 36.7 Å². The van der Waals surface area contributed by atoms with E-state index in [2.05, 4.69) is 5.32 Å². The first-order valence-electron chi connectivity index (χ1n) is 4.91. The molecule has 16 heavy (non-hydrogen) atoms. The average molecular weight is 239 g/mol. The first kappa shape index (κ1) is 12.7. The molecule has 1 aliphatic heterocycles. The van der Waals surface area contributed by atoms with Gasteiger partial charge in [-0.1, -0.05) is 6.08 Å². The van der Waals surface area contributed by atoms with E-state index in [1.54, 1.807) is 6.07 Å². The highest BCUT2D eigenvalue weighted by Gasteiger charge is 2.10. The fraction of sp³-hybridized carbons (Fsp3) is 0.250. The van der Waals surface area contributed by atoms with E-state index < -0.39 is 0 Å². The normalized spacial score (nSPS) is 14.6. The number of rotatable bonds is 1. The van der Waals surface area contributed by atoms with Gasteiger partial charge in [0.15, 0.2) is 0 Å². The SMILES string of the molecule is Cl.N#Cc1ccc(F)c(C2=CCNCC2)c1. The second-order valence-corrected chi connectivity index (χ2v) is 3.49. The van der Waals surface area contributed by atoms with E-state index in [-0.39, 0.29) is 18.2 Å². The van der Waals surface area contributed by atoms with Gasteiger partial charge in [0.05, 0.1) is 11.6 Å². The average Bonchev–Trinajstić information content (AvgIpc) is 2.31. The van der Waals surface area contributed by atoms with E-state index >= 15 is 0 Å². The molecule has 1 aromatic rings. The standard InChI is InChI=1S/C12H11FN2.ClH/c13-12-2-1-9(8-14)7-11(12)10-3-5-15-6-4-10;/h1-3,7,15H,4-6H2;1H. The van der Waals surface area contributed by atoms with Gasteiger partial charge in [-0.2, -0.15) is 5.26 Å². The van der Waals surface area contributed by atoms with Gasteiger partial charge in [-0.15, -0.1) is 12.4 Å². The molecule has 0 saturated carbocycles. The van der Waals surface area contributed by atoms with Crippen molar-refractivity contribution >= 4 is 18.0 Å². The van der Waals surface area contributed by atoms with Crippen LogP contribution in [0.1, 0.15) is 17.5 Å². The molecule has 2 nitrogen and oxygen atoms in total. The molecule has 0 aromatic heterocycles. The van der Waals surface area contributed by atoms with Crippen molar-refractivity contribution in [2.24, 2.45) is 0 Å². The van der Waals surface area contributed by atoms with Crippen LogP contribution in [0.4, 0.5) is 4.39 Å². The Kier molecular flexibility index (Phi) is 4.48. The Morgan fingerprint density at radius 3 is 2.81 bits per heavy atom. The van der Waals surface area contributed by atoms with Crippen molar-refractivity contribution in [3.05, 3.63) is 41.2 Å². The van der Waals surface area contributed by atoms with Crippen LogP contribution in [0.2, 0.25) is 0 Å². The summed E-state index contributed by atoms with van der Waals surface area (Å²) in [6.07, 6.45) is 2.79. The lowest BCUT2D eigenvalue weighted by atomic mass is 9.98. The maximum atomic E-state index is 13.5. The largest absolute Gasteiger partial charge is 0.313 e.